The first-order valence-corrected chi connectivity index (χ1v) is 9.46. The molecule has 0 radical (unpaired) electrons. The summed E-state index contributed by atoms with van der Waals surface area (Å²) in [6, 6.07) is 4.87. The van der Waals surface area contributed by atoms with E-state index in [1.54, 1.807) is 11.0 Å². The number of piperazine rings is 1. The highest BCUT2D eigenvalue weighted by atomic mass is 79.9. The van der Waals surface area contributed by atoms with Gasteiger partial charge in [-0.3, -0.25) is 0 Å². The minimum atomic E-state index is -0.481. The van der Waals surface area contributed by atoms with Gasteiger partial charge in [0, 0.05) is 36.3 Å². The third-order valence-electron chi connectivity index (χ3n) is 3.83. The van der Waals surface area contributed by atoms with Gasteiger partial charge in [-0.2, -0.15) is 0 Å². The number of fused-ring (bicyclic) bond motifs is 1. The Morgan fingerprint density at radius 2 is 1.92 bits per heavy atom. The number of carbonyl (C=O) groups is 1. The van der Waals surface area contributed by atoms with Crippen molar-refractivity contribution in [2.45, 2.75) is 26.4 Å². The van der Waals surface area contributed by atoms with Crippen LogP contribution in [0.2, 0.25) is 0 Å². The largest absolute Gasteiger partial charge is 0.444 e. The van der Waals surface area contributed by atoms with E-state index < -0.39 is 5.60 Å². The maximum Gasteiger partial charge on any atom is 0.410 e. The van der Waals surface area contributed by atoms with E-state index in [2.05, 4.69) is 20.8 Å². The highest BCUT2D eigenvalue weighted by Gasteiger charge is 2.27. The number of anilines is 1. The normalized spacial score (nSPS) is 15.9. The average Bonchev–Trinajstić information content (AvgIpc) is 2.80. The van der Waals surface area contributed by atoms with Crippen molar-refractivity contribution in [3.63, 3.8) is 0 Å². The van der Waals surface area contributed by atoms with Crippen molar-refractivity contribution in [2.24, 2.45) is 0 Å². The number of thiophene rings is 1. The molecule has 1 saturated heterocycles. The molecule has 1 aliphatic rings. The number of halogens is 2. The molecular formula is C17H20BrFN2O2S. The zero-order valence-electron chi connectivity index (χ0n) is 13.9. The second-order valence-corrected chi connectivity index (χ2v) is 9.19. The van der Waals surface area contributed by atoms with E-state index in [-0.39, 0.29) is 11.9 Å². The topological polar surface area (TPSA) is 32.8 Å². The van der Waals surface area contributed by atoms with Crippen molar-refractivity contribution >= 4 is 49.1 Å². The molecule has 4 nitrogen and oxygen atoms in total. The van der Waals surface area contributed by atoms with Gasteiger partial charge in [-0.25, -0.2) is 9.18 Å². The Labute approximate surface area is 153 Å². The molecule has 1 fully saturated rings. The fraction of sp³-hybridized carbons (Fsp3) is 0.471. The minimum Gasteiger partial charge on any atom is -0.444 e. The Balaban J connectivity index is 1.73. The van der Waals surface area contributed by atoms with E-state index >= 15 is 0 Å². The van der Waals surface area contributed by atoms with E-state index in [0.29, 0.717) is 13.1 Å². The number of benzene rings is 1. The highest BCUT2D eigenvalue weighted by molar-refractivity contribution is 9.11. The molecule has 7 heteroatoms. The molecule has 0 saturated carbocycles. The molecule has 0 atom stereocenters. The Hall–Kier alpha value is -1.34. The lowest BCUT2D eigenvalue weighted by Gasteiger charge is -2.36. The van der Waals surface area contributed by atoms with E-state index in [4.69, 9.17) is 4.74 Å². The number of nitrogens with zero attached hydrogens (tertiary/aromatic N) is 2. The van der Waals surface area contributed by atoms with Gasteiger partial charge in [-0.05, 0) is 54.9 Å². The number of amides is 1. The van der Waals surface area contributed by atoms with Gasteiger partial charge in [0.05, 0.1) is 9.47 Å². The number of hydrogen-bond acceptors (Lipinski definition) is 4. The number of rotatable bonds is 1. The van der Waals surface area contributed by atoms with E-state index in [1.807, 2.05) is 26.8 Å². The SMILES string of the molecule is CC(C)(C)OC(=O)N1CCN(c2c(Br)sc3cc(F)ccc23)CC1. The standard InChI is InChI=1S/C17H20BrFN2O2S/c1-17(2,3)23-16(22)21-8-6-20(7-9-21)14-12-5-4-11(19)10-13(12)24-15(14)18/h4-5,10H,6-9H2,1-3H3. The number of hydrogen-bond donors (Lipinski definition) is 0. The van der Waals surface area contributed by atoms with Crippen LogP contribution < -0.4 is 4.90 Å². The van der Waals surface area contributed by atoms with E-state index in [9.17, 15) is 9.18 Å². The second kappa shape index (κ2) is 6.52. The van der Waals surface area contributed by atoms with Crippen LogP contribution in [0.4, 0.5) is 14.9 Å². The van der Waals surface area contributed by atoms with Crippen LogP contribution in [0.5, 0.6) is 0 Å². The van der Waals surface area contributed by atoms with Crippen molar-refractivity contribution in [1.82, 2.24) is 4.90 Å². The van der Waals surface area contributed by atoms with E-state index in [0.717, 1.165) is 32.6 Å². The first-order chi connectivity index (χ1) is 11.2. The third kappa shape index (κ3) is 3.67. The Morgan fingerprint density at radius 1 is 1.25 bits per heavy atom. The van der Waals surface area contributed by atoms with Gasteiger partial charge in [-0.15, -0.1) is 11.3 Å². The average molecular weight is 415 g/mol. The molecule has 2 aromatic rings. The molecule has 130 valence electrons. The summed E-state index contributed by atoms with van der Waals surface area (Å²) in [5.41, 5.74) is 0.601. The third-order valence-corrected chi connectivity index (χ3v) is 5.62. The predicted molar refractivity (Wildman–Crippen MR) is 99.5 cm³/mol. The molecular weight excluding hydrogens is 395 g/mol. The lowest BCUT2D eigenvalue weighted by atomic mass is 10.2. The lowest BCUT2D eigenvalue weighted by Crippen LogP contribution is -2.50. The van der Waals surface area contributed by atoms with Crippen LogP contribution in [0.15, 0.2) is 22.0 Å². The molecule has 0 aliphatic carbocycles. The second-order valence-electron chi connectivity index (χ2n) is 6.82. The molecule has 0 N–H and O–H groups in total. The molecule has 1 aliphatic heterocycles. The molecule has 24 heavy (non-hydrogen) atoms. The van der Waals surface area contributed by atoms with Gasteiger partial charge in [-0.1, -0.05) is 0 Å². The molecule has 0 spiro atoms. The molecule has 1 amide bonds. The summed E-state index contributed by atoms with van der Waals surface area (Å²) in [5, 5.41) is 1.04. The lowest BCUT2D eigenvalue weighted by molar-refractivity contribution is 0.0240. The first kappa shape index (κ1) is 17.5. The van der Waals surface area contributed by atoms with Gasteiger partial charge in [0.1, 0.15) is 11.4 Å². The zero-order valence-corrected chi connectivity index (χ0v) is 16.3. The summed E-state index contributed by atoms with van der Waals surface area (Å²) in [5.74, 6) is -0.224. The fourth-order valence-corrected chi connectivity index (χ4v) is 4.72. The van der Waals surface area contributed by atoms with Crippen LogP contribution in [-0.2, 0) is 4.74 Å². The quantitative estimate of drug-likeness (QED) is 0.667. The maximum absolute atomic E-state index is 13.4. The molecule has 1 aromatic heterocycles. The van der Waals surface area contributed by atoms with Gasteiger partial charge < -0.3 is 14.5 Å². The van der Waals surface area contributed by atoms with Crippen LogP contribution >= 0.6 is 27.3 Å². The van der Waals surface area contributed by atoms with Gasteiger partial charge in [0.15, 0.2) is 0 Å². The smallest absolute Gasteiger partial charge is 0.410 e. The predicted octanol–water partition coefficient (Wildman–Crippen LogP) is 4.86. The fourth-order valence-electron chi connectivity index (χ4n) is 2.76. The van der Waals surface area contributed by atoms with Crippen LogP contribution in [0.3, 0.4) is 0 Å². The van der Waals surface area contributed by atoms with E-state index in [1.165, 1.54) is 17.4 Å². The summed E-state index contributed by atoms with van der Waals surface area (Å²) in [7, 11) is 0. The van der Waals surface area contributed by atoms with Crippen molar-refractivity contribution in [1.29, 1.82) is 0 Å². The van der Waals surface area contributed by atoms with Crippen LogP contribution in [0.25, 0.3) is 10.1 Å². The minimum absolute atomic E-state index is 0.224. The molecule has 3 rings (SSSR count). The summed E-state index contributed by atoms with van der Waals surface area (Å²) in [4.78, 5) is 16.1. The van der Waals surface area contributed by atoms with Crippen molar-refractivity contribution in [2.75, 3.05) is 31.1 Å². The van der Waals surface area contributed by atoms with Gasteiger partial charge in [0.2, 0.25) is 0 Å². The van der Waals surface area contributed by atoms with Crippen LogP contribution in [0.1, 0.15) is 20.8 Å². The van der Waals surface area contributed by atoms with Crippen molar-refractivity contribution < 1.29 is 13.9 Å². The number of ether oxygens (including phenoxy) is 1. The monoisotopic (exact) mass is 414 g/mol. The van der Waals surface area contributed by atoms with Gasteiger partial charge >= 0.3 is 6.09 Å². The number of carbonyl (C=O) groups excluding carboxylic acids is 1. The first-order valence-electron chi connectivity index (χ1n) is 7.85. The Bertz CT molecular complexity index is 764. The zero-order chi connectivity index (χ0) is 17.5. The Morgan fingerprint density at radius 3 is 2.54 bits per heavy atom. The molecule has 0 bridgehead atoms. The van der Waals surface area contributed by atoms with Crippen molar-refractivity contribution in [3.05, 3.63) is 27.8 Å². The summed E-state index contributed by atoms with van der Waals surface area (Å²) in [6.07, 6.45) is -0.265. The van der Waals surface area contributed by atoms with Crippen molar-refractivity contribution in [3.8, 4) is 0 Å². The molecule has 1 aromatic carbocycles. The Kier molecular flexibility index (Phi) is 4.75. The van der Waals surface area contributed by atoms with Crippen LogP contribution in [0, 0.1) is 5.82 Å². The summed E-state index contributed by atoms with van der Waals surface area (Å²) in [6.45, 7) is 8.28. The van der Waals surface area contributed by atoms with Crippen LogP contribution in [-0.4, -0.2) is 42.8 Å². The summed E-state index contributed by atoms with van der Waals surface area (Å²) < 4.78 is 20.8. The molecule has 0 unspecified atom stereocenters. The highest BCUT2D eigenvalue weighted by Crippen LogP contribution is 2.42. The summed E-state index contributed by atoms with van der Waals surface area (Å²) >= 11 is 5.13. The maximum atomic E-state index is 13.4. The molecule has 2 heterocycles. The van der Waals surface area contributed by atoms with Gasteiger partial charge in [0.25, 0.3) is 0 Å².